The van der Waals surface area contributed by atoms with Crippen molar-refractivity contribution in [3.05, 3.63) is 68.0 Å². The summed E-state index contributed by atoms with van der Waals surface area (Å²) in [7, 11) is 1.61. The Labute approximate surface area is 145 Å². The fraction of sp³-hybridized carbons (Fsp3) is 0.333. The van der Waals surface area contributed by atoms with Crippen LogP contribution in [0.15, 0.2) is 40.1 Å². The Hall–Kier alpha value is -3.14. The molecule has 7 heteroatoms. The Morgan fingerprint density at radius 1 is 1.24 bits per heavy atom. The number of likely N-dealkylation sites (N-methyl/N-ethyl adjacent to an activating group) is 1. The van der Waals surface area contributed by atoms with Gasteiger partial charge in [-0.3, -0.25) is 14.2 Å². The van der Waals surface area contributed by atoms with Gasteiger partial charge in [0.15, 0.2) is 0 Å². The number of hydrogen-bond donors (Lipinski definition) is 0. The Morgan fingerprint density at radius 3 is 2.44 bits per heavy atom. The van der Waals surface area contributed by atoms with E-state index in [1.165, 1.54) is 15.7 Å². The highest BCUT2D eigenvalue weighted by Crippen LogP contribution is 2.06. The van der Waals surface area contributed by atoms with Crippen molar-refractivity contribution in [2.24, 2.45) is 0 Å². The van der Waals surface area contributed by atoms with E-state index in [0.717, 1.165) is 15.7 Å². The molecule has 7 nitrogen and oxygen atoms in total. The van der Waals surface area contributed by atoms with Crippen molar-refractivity contribution in [1.82, 2.24) is 14.0 Å². The second-order valence-electron chi connectivity index (χ2n) is 5.85. The minimum absolute atomic E-state index is 0.157. The molecule has 2 rings (SSSR count). The summed E-state index contributed by atoms with van der Waals surface area (Å²) >= 11 is 0. The Balaban J connectivity index is 2.25. The number of hydrogen-bond acceptors (Lipinski definition) is 4. The molecule has 25 heavy (non-hydrogen) atoms. The minimum Gasteiger partial charge on any atom is -0.340 e. The lowest BCUT2D eigenvalue weighted by atomic mass is 10.1. The molecule has 0 bridgehead atoms. The third kappa shape index (κ3) is 4.04. The van der Waals surface area contributed by atoms with Gasteiger partial charge >= 0.3 is 5.69 Å². The summed E-state index contributed by atoms with van der Waals surface area (Å²) in [6.45, 7) is 3.99. The molecule has 0 aliphatic rings. The van der Waals surface area contributed by atoms with Gasteiger partial charge < -0.3 is 4.90 Å². The summed E-state index contributed by atoms with van der Waals surface area (Å²) in [4.78, 5) is 38.4. The fourth-order valence-electron chi connectivity index (χ4n) is 2.41. The minimum atomic E-state index is -0.741. The molecule has 0 saturated heterocycles. The van der Waals surface area contributed by atoms with Crippen LogP contribution in [0.2, 0.25) is 0 Å². The SMILES string of the molecule is CCn1cc(C#N)c(=O)n(CC(=O)N(C)Cc2ccc(C)cc2)c1=O. The molecule has 0 atom stereocenters. The molecular weight excluding hydrogens is 320 g/mol. The third-order valence-corrected chi connectivity index (χ3v) is 3.96. The maximum atomic E-state index is 12.4. The van der Waals surface area contributed by atoms with Gasteiger partial charge in [-0.15, -0.1) is 0 Å². The summed E-state index contributed by atoms with van der Waals surface area (Å²) in [5, 5.41) is 9.04. The zero-order chi connectivity index (χ0) is 18.6. The van der Waals surface area contributed by atoms with E-state index >= 15 is 0 Å². The van der Waals surface area contributed by atoms with E-state index in [-0.39, 0.29) is 11.5 Å². The molecular formula is C18H20N4O3. The Bertz CT molecular complexity index is 933. The zero-order valence-corrected chi connectivity index (χ0v) is 14.5. The topological polar surface area (TPSA) is 88.1 Å². The van der Waals surface area contributed by atoms with Crippen LogP contribution in [0.3, 0.4) is 0 Å². The summed E-state index contributed by atoms with van der Waals surface area (Å²) in [5.74, 6) is -0.377. The van der Waals surface area contributed by atoms with Crippen LogP contribution in [-0.2, 0) is 24.4 Å². The first-order valence-corrected chi connectivity index (χ1v) is 7.91. The molecule has 1 aromatic carbocycles. The van der Waals surface area contributed by atoms with Gasteiger partial charge in [-0.25, -0.2) is 9.36 Å². The first-order valence-electron chi connectivity index (χ1n) is 7.91. The monoisotopic (exact) mass is 340 g/mol. The van der Waals surface area contributed by atoms with E-state index in [2.05, 4.69) is 0 Å². The molecule has 0 fully saturated rings. The van der Waals surface area contributed by atoms with Crippen LogP contribution >= 0.6 is 0 Å². The molecule has 0 aliphatic heterocycles. The van der Waals surface area contributed by atoms with Gasteiger partial charge in [0.1, 0.15) is 18.2 Å². The second kappa shape index (κ2) is 7.62. The number of aromatic nitrogens is 2. The summed E-state index contributed by atoms with van der Waals surface area (Å²) in [6, 6.07) is 9.52. The van der Waals surface area contributed by atoms with Crippen molar-refractivity contribution < 1.29 is 4.79 Å². The van der Waals surface area contributed by atoms with Crippen molar-refractivity contribution in [2.75, 3.05) is 7.05 Å². The highest BCUT2D eigenvalue weighted by molar-refractivity contribution is 5.75. The summed E-state index contributed by atoms with van der Waals surface area (Å²) < 4.78 is 2.06. The Morgan fingerprint density at radius 2 is 1.88 bits per heavy atom. The van der Waals surface area contributed by atoms with Gasteiger partial charge in [-0.05, 0) is 19.4 Å². The summed E-state index contributed by atoms with van der Waals surface area (Å²) in [5.41, 5.74) is 0.580. The fourth-order valence-corrected chi connectivity index (χ4v) is 2.41. The predicted octanol–water partition coefficient (Wildman–Crippen LogP) is 0.869. The number of aryl methyl sites for hydroxylation is 2. The normalized spacial score (nSPS) is 10.3. The number of nitriles is 1. The molecule has 0 aliphatic carbocycles. The maximum Gasteiger partial charge on any atom is 0.331 e. The predicted molar refractivity (Wildman–Crippen MR) is 93.0 cm³/mol. The lowest BCUT2D eigenvalue weighted by Crippen LogP contribution is -2.44. The lowest BCUT2D eigenvalue weighted by Gasteiger charge is -2.18. The molecule has 2 aromatic rings. The molecule has 1 aromatic heterocycles. The lowest BCUT2D eigenvalue weighted by molar-refractivity contribution is -0.131. The molecule has 1 heterocycles. The first kappa shape index (κ1) is 18.2. The van der Waals surface area contributed by atoms with E-state index in [0.29, 0.717) is 13.1 Å². The van der Waals surface area contributed by atoms with Crippen LogP contribution < -0.4 is 11.2 Å². The molecule has 0 saturated carbocycles. The highest BCUT2D eigenvalue weighted by atomic mass is 16.2. The van der Waals surface area contributed by atoms with E-state index in [1.54, 1.807) is 20.0 Å². The number of carbonyl (C=O) groups is 1. The maximum absolute atomic E-state index is 12.4. The van der Waals surface area contributed by atoms with Gasteiger partial charge in [0.25, 0.3) is 5.56 Å². The van der Waals surface area contributed by atoms with Gasteiger partial charge in [-0.1, -0.05) is 29.8 Å². The molecule has 0 unspecified atom stereocenters. The van der Waals surface area contributed by atoms with Gasteiger partial charge in [-0.2, -0.15) is 5.26 Å². The highest BCUT2D eigenvalue weighted by Gasteiger charge is 2.16. The standard InChI is InChI=1S/C18H20N4O3/c1-4-21-11-15(9-19)17(24)22(18(21)25)12-16(23)20(3)10-14-7-5-13(2)6-8-14/h5-8,11H,4,10,12H2,1-3H3. The van der Waals surface area contributed by atoms with Crippen LogP contribution in [0.25, 0.3) is 0 Å². The van der Waals surface area contributed by atoms with Crippen LogP contribution in [0, 0.1) is 18.3 Å². The van der Waals surface area contributed by atoms with Gasteiger partial charge in [0.05, 0.1) is 0 Å². The zero-order valence-electron chi connectivity index (χ0n) is 14.5. The van der Waals surface area contributed by atoms with Gasteiger partial charge in [0, 0.05) is 26.3 Å². The van der Waals surface area contributed by atoms with Crippen molar-refractivity contribution in [1.29, 1.82) is 5.26 Å². The van der Waals surface area contributed by atoms with Crippen molar-refractivity contribution in [3.8, 4) is 6.07 Å². The van der Waals surface area contributed by atoms with Crippen LogP contribution in [-0.4, -0.2) is 27.0 Å². The third-order valence-electron chi connectivity index (χ3n) is 3.96. The average molecular weight is 340 g/mol. The number of benzene rings is 1. The average Bonchev–Trinajstić information content (AvgIpc) is 2.60. The van der Waals surface area contributed by atoms with E-state index in [1.807, 2.05) is 31.2 Å². The number of amides is 1. The molecule has 130 valence electrons. The number of rotatable bonds is 5. The molecule has 0 spiro atoms. The van der Waals surface area contributed by atoms with Crippen molar-refractivity contribution in [2.45, 2.75) is 33.5 Å². The second-order valence-corrected chi connectivity index (χ2v) is 5.85. The van der Waals surface area contributed by atoms with Crippen LogP contribution in [0.1, 0.15) is 23.6 Å². The van der Waals surface area contributed by atoms with Crippen LogP contribution in [0.5, 0.6) is 0 Å². The number of carbonyl (C=O) groups excluding carboxylic acids is 1. The van der Waals surface area contributed by atoms with Crippen molar-refractivity contribution in [3.63, 3.8) is 0 Å². The van der Waals surface area contributed by atoms with Crippen molar-refractivity contribution >= 4 is 5.91 Å². The molecule has 0 N–H and O–H groups in total. The van der Waals surface area contributed by atoms with Crippen LogP contribution in [0.4, 0.5) is 0 Å². The smallest absolute Gasteiger partial charge is 0.331 e. The quantitative estimate of drug-likeness (QED) is 0.808. The first-order chi connectivity index (χ1) is 11.9. The largest absolute Gasteiger partial charge is 0.340 e. The molecule has 0 radical (unpaired) electrons. The van der Waals surface area contributed by atoms with Gasteiger partial charge in [0.2, 0.25) is 5.91 Å². The Kier molecular flexibility index (Phi) is 5.55. The summed E-state index contributed by atoms with van der Waals surface area (Å²) in [6.07, 6.45) is 1.22. The van der Waals surface area contributed by atoms with E-state index < -0.39 is 17.8 Å². The van der Waals surface area contributed by atoms with E-state index in [9.17, 15) is 14.4 Å². The molecule has 1 amide bonds. The van der Waals surface area contributed by atoms with E-state index in [4.69, 9.17) is 5.26 Å². The number of nitrogens with zero attached hydrogens (tertiary/aromatic N) is 4.